The van der Waals surface area contributed by atoms with Crippen LogP contribution in [0, 0.1) is 5.95 Å². The molecule has 3 aliphatic rings. The number of phenolic OH excluding ortho intramolecular Hbond substituents is 1. The Morgan fingerprint density at radius 3 is 2.68 bits per heavy atom. The minimum atomic E-state index is -1.01. The first-order valence-corrected chi connectivity index (χ1v) is 13.6. The first-order valence-electron chi connectivity index (χ1n) is 12.8. The van der Waals surface area contributed by atoms with Crippen molar-refractivity contribution < 1.29 is 18.6 Å². The van der Waals surface area contributed by atoms with Crippen LogP contribution in [0.1, 0.15) is 52.4 Å². The van der Waals surface area contributed by atoms with Crippen LogP contribution in [0.25, 0.3) is 21.7 Å². The Morgan fingerprint density at radius 1 is 1.14 bits per heavy atom. The van der Waals surface area contributed by atoms with Gasteiger partial charge >= 0.3 is 0 Å². The number of aromatic nitrogens is 3. The molecule has 7 nitrogen and oxygen atoms in total. The highest BCUT2D eigenvalue weighted by Gasteiger charge is 2.56. The van der Waals surface area contributed by atoms with E-state index < -0.39 is 17.7 Å². The molecule has 2 saturated heterocycles. The van der Waals surface area contributed by atoms with Gasteiger partial charge in [-0.15, -0.1) is 10.2 Å². The molecule has 3 fully saturated rings. The molecule has 1 saturated carbocycles. The fourth-order valence-corrected chi connectivity index (χ4v) is 7.24. The quantitative estimate of drug-likeness (QED) is 0.410. The summed E-state index contributed by atoms with van der Waals surface area (Å²) in [6.07, 6.45) is 4.65. The lowest BCUT2D eigenvalue weighted by Crippen LogP contribution is -2.73. The Morgan fingerprint density at radius 2 is 1.95 bits per heavy atom. The number of pyridine rings is 1. The number of rotatable bonds is 6. The molecule has 0 amide bonds. The van der Waals surface area contributed by atoms with Gasteiger partial charge in [-0.25, -0.2) is 4.39 Å². The molecule has 4 heterocycles. The highest BCUT2D eigenvalue weighted by atomic mass is 32.1. The summed E-state index contributed by atoms with van der Waals surface area (Å²) in [4.78, 5) is 5.84. The molecule has 2 N–H and O–H groups in total. The lowest BCUT2D eigenvalue weighted by Gasteiger charge is -2.57. The molecule has 0 radical (unpaired) electrons. The predicted molar refractivity (Wildman–Crippen MR) is 139 cm³/mol. The second-order valence-electron chi connectivity index (χ2n) is 11.1. The second kappa shape index (κ2) is 8.87. The van der Waals surface area contributed by atoms with Crippen molar-refractivity contribution >= 4 is 16.5 Å². The van der Waals surface area contributed by atoms with Crippen LogP contribution in [0.3, 0.4) is 0 Å². The number of methoxy groups -OCH3 is 1. The van der Waals surface area contributed by atoms with Crippen LogP contribution < -0.4 is 15.0 Å². The molecule has 0 spiro atoms. The molecule has 196 valence electrons. The summed E-state index contributed by atoms with van der Waals surface area (Å²) in [5.41, 5.74) is 1.05. The summed E-state index contributed by atoms with van der Waals surface area (Å²) < 4.78 is 35.0. The molecule has 10 heteroatoms. The number of hydrogen-bond donors (Lipinski definition) is 2. The van der Waals surface area contributed by atoms with E-state index in [-0.39, 0.29) is 29.3 Å². The van der Waals surface area contributed by atoms with Crippen LogP contribution in [0.15, 0.2) is 30.3 Å². The SMILES string of the molecule is COc1cc(-c2ccc(-c3nnc(N(C4CC4)[C@@H]4C[C@@]5(C)CCC[C@](C)(N5)[C@@H]4F)s3)c(O)c2)cc(F)n1. The van der Waals surface area contributed by atoms with Gasteiger partial charge in [0, 0.05) is 29.3 Å². The number of piperidine rings is 2. The summed E-state index contributed by atoms with van der Waals surface area (Å²) in [6, 6.07) is 8.00. The van der Waals surface area contributed by atoms with Crippen LogP contribution in [0.4, 0.5) is 13.9 Å². The van der Waals surface area contributed by atoms with Crippen LogP contribution in [-0.2, 0) is 0 Å². The highest BCUT2D eigenvalue weighted by Crippen LogP contribution is 2.48. The molecule has 4 atom stereocenters. The third-order valence-electron chi connectivity index (χ3n) is 8.09. The van der Waals surface area contributed by atoms with Crippen molar-refractivity contribution in [3.05, 3.63) is 36.3 Å². The molecular weight excluding hydrogens is 496 g/mol. The molecule has 2 aromatic heterocycles. The number of fused-ring (bicyclic) bond motifs is 2. The van der Waals surface area contributed by atoms with Crippen molar-refractivity contribution in [3.8, 4) is 33.3 Å². The van der Waals surface area contributed by atoms with Crippen LogP contribution >= 0.6 is 11.3 Å². The van der Waals surface area contributed by atoms with Crippen molar-refractivity contribution in [2.75, 3.05) is 12.0 Å². The number of nitrogens with zero attached hydrogens (tertiary/aromatic N) is 4. The normalized spacial score (nSPS) is 29.2. The first kappa shape index (κ1) is 24.5. The number of benzene rings is 1. The fourth-order valence-electron chi connectivity index (χ4n) is 6.24. The predicted octanol–water partition coefficient (Wildman–Crippen LogP) is 5.49. The summed E-state index contributed by atoms with van der Waals surface area (Å²) in [5.74, 6) is -0.500. The van der Waals surface area contributed by atoms with Crippen LogP contribution in [0.5, 0.6) is 11.6 Å². The molecule has 6 rings (SSSR count). The van der Waals surface area contributed by atoms with Crippen LogP contribution in [0.2, 0.25) is 0 Å². The summed E-state index contributed by atoms with van der Waals surface area (Å²) in [7, 11) is 1.42. The van der Waals surface area contributed by atoms with E-state index in [2.05, 4.69) is 32.3 Å². The number of halogens is 2. The Balaban J connectivity index is 1.30. The average Bonchev–Trinajstić information content (AvgIpc) is 3.58. The van der Waals surface area contributed by atoms with Gasteiger partial charge in [0.1, 0.15) is 11.9 Å². The second-order valence-corrected chi connectivity index (χ2v) is 12.1. The topological polar surface area (TPSA) is 83.4 Å². The van der Waals surface area contributed by atoms with Gasteiger partial charge in [0.05, 0.1) is 18.7 Å². The zero-order valence-electron chi connectivity index (χ0n) is 21.2. The maximum absolute atomic E-state index is 16.1. The maximum Gasteiger partial charge on any atom is 0.216 e. The smallest absolute Gasteiger partial charge is 0.216 e. The number of nitrogens with one attached hydrogen (secondary N) is 1. The van der Waals surface area contributed by atoms with Crippen molar-refractivity contribution in [3.63, 3.8) is 0 Å². The summed E-state index contributed by atoms with van der Waals surface area (Å²) in [6.45, 7) is 4.23. The summed E-state index contributed by atoms with van der Waals surface area (Å²) in [5, 5.41) is 24.6. The van der Waals surface area contributed by atoms with Gasteiger partial charge in [-0.1, -0.05) is 17.4 Å². The lowest BCUT2D eigenvalue weighted by atomic mass is 9.68. The lowest BCUT2D eigenvalue weighted by molar-refractivity contribution is 0.000446. The van der Waals surface area contributed by atoms with Crippen LogP contribution in [-0.4, -0.2) is 56.7 Å². The number of ether oxygens (including phenoxy) is 1. The van der Waals surface area contributed by atoms with E-state index in [4.69, 9.17) is 4.74 Å². The zero-order valence-corrected chi connectivity index (χ0v) is 22.0. The van der Waals surface area contributed by atoms with E-state index in [1.807, 2.05) is 6.92 Å². The van der Waals surface area contributed by atoms with Gasteiger partial charge in [-0.2, -0.15) is 9.37 Å². The minimum absolute atomic E-state index is 0.00847. The van der Waals surface area contributed by atoms with Gasteiger partial charge in [0.15, 0.2) is 5.01 Å². The van der Waals surface area contributed by atoms with Gasteiger partial charge in [0.25, 0.3) is 0 Å². The molecule has 2 aliphatic heterocycles. The zero-order chi connectivity index (χ0) is 25.9. The molecule has 0 unspecified atom stereocenters. The molecule has 2 bridgehead atoms. The van der Waals surface area contributed by atoms with Crippen molar-refractivity contribution in [1.82, 2.24) is 20.5 Å². The van der Waals surface area contributed by atoms with Crippen molar-refractivity contribution in [1.29, 1.82) is 0 Å². The Hall–Kier alpha value is -2.85. The van der Waals surface area contributed by atoms with E-state index in [1.54, 1.807) is 24.3 Å². The maximum atomic E-state index is 16.1. The largest absolute Gasteiger partial charge is 0.507 e. The average molecular weight is 528 g/mol. The molecule has 1 aromatic carbocycles. The fraction of sp³-hybridized carbons (Fsp3) is 0.519. The van der Waals surface area contributed by atoms with Crippen molar-refractivity contribution in [2.45, 2.75) is 81.7 Å². The number of hydrogen-bond acceptors (Lipinski definition) is 8. The minimum Gasteiger partial charge on any atom is -0.507 e. The summed E-state index contributed by atoms with van der Waals surface area (Å²) >= 11 is 1.37. The monoisotopic (exact) mass is 527 g/mol. The van der Waals surface area contributed by atoms with E-state index >= 15 is 4.39 Å². The van der Waals surface area contributed by atoms with E-state index in [1.165, 1.54) is 24.5 Å². The Labute approximate surface area is 218 Å². The number of phenols is 1. The van der Waals surface area contributed by atoms with E-state index in [0.29, 0.717) is 26.8 Å². The van der Waals surface area contributed by atoms with Gasteiger partial charge in [0.2, 0.25) is 17.0 Å². The highest BCUT2D eigenvalue weighted by molar-refractivity contribution is 7.18. The Bertz CT molecular complexity index is 1330. The number of aromatic hydroxyl groups is 1. The Kier molecular flexibility index (Phi) is 5.87. The van der Waals surface area contributed by atoms with Gasteiger partial charge in [-0.05, 0) is 75.6 Å². The van der Waals surface area contributed by atoms with E-state index in [0.717, 1.165) is 38.5 Å². The third kappa shape index (κ3) is 4.44. The molecule has 1 aliphatic carbocycles. The van der Waals surface area contributed by atoms with Gasteiger partial charge in [-0.3, -0.25) is 0 Å². The molecule has 37 heavy (non-hydrogen) atoms. The molecular formula is C27H31F2N5O2S. The van der Waals surface area contributed by atoms with E-state index in [9.17, 15) is 9.50 Å². The number of anilines is 1. The third-order valence-corrected chi connectivity index (χ3v) is 9.06. The first-order chi connectivity index (χ1) is 17.7. The van der Waals surface area contributed by atoms with Crippen molar-refractivity contribution in [2.24, 2.45) is 0 Å². The number of alkyl halides is 1. The van der Waals surface area contributed by atoms with Gasteiger partial charge < -0.3 is 20.1 Å². The molecule has 3 aromatic rings. The standard InChI is InChI=1S/C27H31F2N5O2S/c1-26-9-4-10-27(2,33-26)23(29)19(14-26)34(17-6-7-17)25-32-31-24(37-25)18-8-5-15(11-20(18)35)16-12-21(28)30-22(13-16)36-3/h5,8,11-13,17,19,23,33,35H,4,6-7,9-10,14H2,1-3H3/t19-,23-,26-,27+/m1/s1.